The zero-order valence-electron chi connectivity index (χ0n) is 11.7. The first-order valence-electron chi connectivity index (χ1n) is 6.57. The van der Waals surface area contributed by atoms with Crippen LogP contribution in [0.3, 0.4) is 0 Å². The molecule has 3 rings (SSSR count). The van der Waals surface area contributed by atoms with Gasteiger partial charge in [-0.15, -0.1) is 0 Å². The molecule has 7 heteroatoms. The number of fused-ring (bicyclic) bond motifs is 1. The molecule has 0 radical (unpaired) electrons. The summed E-state index contributed by atoms with van der Waals surface area (Å²) >= 11 is 0. The van der Waals surface area contributed by atoms with E-state index in [2.05, 4.69) is 0 Å². The lowest BCUT2D eigenvalue weighted by Crippen LogP contribution is -2.30. The van der Waals surface area contributed by atoms with Gasteiger partial charge in [-0.1, -0.05) is 12.1 Å². The highest BCUT2D eigenvalue weighted by atomic mass is 19.4. The molecule has 2 aromatic carbocycles. The van der Waals surface area contributed by atoms with Gasteiger partial charge < -0.3 is 0 Å². The summed E-state index contributed by atoms with van der Waals surface area (Å²) in [5, 5.41) is 0. The molecule has 0 saturated heterocycles. The summed E-state index contributed by atoms with van der Waals surface area (Å²) < 4.78 is 52.9. The summed E-state index contributed by atoms with van der Waals surface area (Å²) in [6.45, 7) is 0.990. The van der Waals surface area contributed by atoms with E-state index >= 15 is 0 Å². The third-order valence-corrected chi connectivity index (χ3v) is 3.69. The van der Waals surface area contributed by atoms with Crippen LogP contribution in [0.15, 0.2) is 36.4 Å². The molecule has 1 aliphatic heterocycles. The molecule has 2 aromatic rings. The molecule has 0 spiro atoms. The normalized spacial score (nSPS) is 14.4. The lowest BCUT2D eigenvalue weighted by molar-refractivity contribution is -0.138. The van der Waals surface area contributed by atoms with Gasteiger partial charge >= 0.3 is 6.18 Å². The van der Waals surface area contributed by atoms with Crippen LogP contribution in [0.1, 0.15) is 31.8 Å². The Morgan fingerprint density at radius 1 is 0.957 bits per heavy atom. The lowest BCUT2D eigenvalue weighted by atomic mass is 10.1. The summed E-state index contributed by atoms with van der Waals surface area (Å²) in [7, 11) is 0. The Labute approximate surface area is 128 Å². The maximum Gasteiger partial charge on any atom is 0.416 e. The van der Waals surface area contributed by atoms with E-state index in [0.717, 1.165) is 13.0 Å². The number of amides is 2. The number of halogens is 4. The molecule has 0 unspecified atom stereocenters. The van der Waals surface area contributed by atoms with Crippen LogP contribution in [0.2, 0.25) is 0 Å². The third-order valence-electron chi connectivity index (χ3n) is 3.69. The summed E-state index contributed by atoms with van der Waals surface area (Å²) in [4.78, 5) is 25.1. The molecule has 0 fully saturated rings. The fourth-order valence-corrected chi connectivity index (χ4v) is 2.51. The van der Waals surface area contributed by atoms with Gasteiger partial charge in [-0.05, 0) is 36.8 Å². The summed E-state index contributed by atoms with van der Waals surface area (Å²) in [5.74, 6) is -2.68. The Bertz CT molecular complexity index is 807. The third kappa shape index (κ3) is 2.28. The van der Waals surface area contributed by atoms with Crippen LogP contribution < -0.4 is 4.90 Å². The van der Waals surface area contributed by atoms with Crippen molar-refractivity contribution in [3.8, 4) is 0 Å². The molecule has 23 heavy (non-hydrogen) atoms. The van der Waals surface area contributed by atoms with Crippen LogP contribution in [0.4, 0.5) is 23.2 Å². The molecule has 1 heterocycles. The monoisotopic (exact) mass is 323 g/mol. The van der Waals surface area contributed by atoms with Crippen LogP contribution in [0.5, 0.6) is 0 Å². The zero-order valence-corrected chi connectivity index (χ0v) is 11.7. The first-order chi connectivity index (χ1) is 10.7. The Balaban J connectivity index is 2.16. The minimum Gasteiger partial charge on any atom is -0.268 e. The van der Waals surface area contributed by atoms with Crippen molar-refractivity contribution in [1.29, 1.82) is 0 Å². The highest BCUT2D eigenvalue weighted by Crippen LogP contribution is 2.37. The van der Waals surface area contributed by atoms with Gasteiger partial charge in [0.25, 0.3) is 11.8 Å². The molecule has 0 N–H and O–H groups in total. The van der Waals surface area contributed by atoms with Crippen molar-refractivity contribution < 1.29 is 27.2 Å². The van der Waals surface area contributed by atoms with E-state index < -0.39 is 40.6 Å². The van der Waals surface area contributed by atoms with Gasteiger partial charge in [-0.2, -0.15) is 13.2 Å². The van der Waals surface area contributed by atoms with Gasteiger partial charge in [0, 0.05) is 0 Å². The number of benzene rings is 2. The number of anilines is 1. The number of alkyl halides is 3. The zero-order chi connectivity index (χ0) is 16.9. The molecule has 1 aliphatic rings. The molecule has 0 aromatic heterocycles. The van der Waals surface area contributed by atoms with E-state index in [-0.39, 0.29) is 11.1 Å². The van der Waals surface area contributed by atoms with Crippen LogP contribution in [0, 0.1) is 12.7 Å². The van der Waals surface area contributed by atoms with Crippen molar-refractivity contribution in [2.75, 3.05) is 4.90 Å². The van der Waals surface area contributed by atoms with Gasteiger partial charge in [0.2, 0.25) is 0 Å². The van der Waals surface area contributed by atoms with E-state index in [0.29, 0.717) is 11.0 Å². The number of hydrogen-bond acceptors (Lipinski definition) is 2. The van der Waals surface area contributed by atoms with Crippen molar-refractivity contribution in [3.05, 3.63) is 64.5 Å². The maximum atomic E-state index is 13.9. The Morgan fingerprint density at radius 3 is 1.96 bits per heavy atom. The average molecular weight is 323 g/mol. The highest BCUT2D eigenvalue weighted by molar-refractivity contribution is 6.34. The second-order valence-corrected chi connectivity index (χ2v) is 5.09. The first-order valence-corrected chi connectivity index (χ1v) is 6.57. The number of imide groups is 1. The van der Waals surface area contributed by atoms with E-state index in [1.54, 1.807) is 0 Å². The SMILES string of the molecule is Cc1c(F)cc(N2C(=O)c3ccccc3C2=O)cc1C(F)(F)F. The van der Waals surface area contributed by atoms with Gasteiger partial charge in [0.1, 0.15) is 5.82 Å². The van der Waals surface area contributed by atoms with E-state index in [1.807, 2.05) is 0 Å². The lowest BCUT2D eigenvalue weighted by Gasteiger charge is -2.18. The molecule has 0 saturated carbocycles. The second kappa shape index (κ2) is 4.91. The molecule has 0 aliphatic carbocycles. The predicted molar refractivity (Wildman–Crippen MR) is 73.7 cm³/mol. The van der Waals surface area contributed by atoms with Crippen LogP contribution in [0.25, 0.3) is 0 Å². The van der Waals surface area contributed by atoms with E-state index in [9.17, 15) is 27.2 Å². The Kier molecular flexibility index (Phi) is 3.24. The summed E-state index contributed by atoms with van der Waals surface area (Å²) in [5.41, 5.74) is -2.09. The highest BCUT2D eigenvalue weighted by Gasteiger charge is 2.39. The standard InChI is InChI=1S/C16H9F4NO2/c1-8-12(16(18,19)20)6-9(7-13(8)17)21-14(22)10-4-2-3-5-11(10)15(21)23/h2-7H,1H3. The molecular weight excluding hydrogens is 314 g/mol. The number of hydrogen-bond donors (Lipinski definition) is 0. The van der Waals surface area contributed by atoms with Crippen LogP contribution >= 0.6 is 0 Å². The van der Waals surface area contributed by atoms with Crippen molar-refractivity contribution in [2.45, 2.75) is 13.1 Å². The number of carbonyl (C=O) groups excluding carboxylic acids is 2. The first kappa shape index (κ1) is 15.2. The minimum absolute atomic E-state index is 0.0760. The van der Waals surface area contributed by atoms with Crippen molar-refractivity contribution in [1.82, 2.24) is 0 Å². The molecule has 3 nitrogen and oxygen atoms in total. The molecule has 0 atom stereocenters. The topological polar surface area (TPSA) is 37.4 Å². The minimum atomic E-state index is -4.79. The average Bonchev–Trinajstić information content (AvgIpc) is 2.73. The smallest absolute Gasteiger partial charge is 0.268 e. The fraction of sp³-hybridized carbons (Fsp3) is 0.125. The van der Waals surface area contributed by atoms with E-state index in [4.69, 9.17) is 0 Å². The Morgan fingerprint density at radius 2 is 1.48 bits per heavy atom. The van der Waals surface area contributed by atoms with Gasteiger partial charge in [-0.25, -0.2) is 9.29 Å². The Hall–Kier alpha value is -2.70. The van der Waals surface area contributed by atoms with Crippen molar-refractivity contribution in [2.24, 2.45) is 0 Å². The largest absolute Gasteiger partial charge is 0.416 e. The second-order valence-electron chi connectivity index (χ2n) is 5.09. The van der Waals surface area contributed by atoms with Crippen LogP contribution in [-0.2, 0) is 6.18 Å². The summed E-state index contributed by atoms with van der Waals surface area (Å²) in [6, 6.07) is 7.22. The van der Waals surface area contributed by atoms with Gasteiger partial charge in [0.05, 0.1) is 22.4 Å². The maximum absolute atomic E-state index is 13.9. The number of nitrogens with zero attached hydrogens (tertiary/aromatic N) is 1. The van der Waals surface area contributed by atoms with Crippen molar-refractivity contribution in [3.63, 3.8) is 0 Å². The molecular formula is C16H9F4NO2. The number of rotatable bonds is 1. The van der Waals surface area contributed by atoms with Gasteiger partial charge in [0.15, 0.2) is 0 Å². The molecule has 0 bridgehead atoms. The molecule has 2 amide bonds. The van der Waals surface area contributed by atoms with Crippen LogP contribution in [-0.4, -0.2) is 11.8 Å². The number of carbonyl (C=O) groups is 2. The fourth-order valence-electron chi connectivity index (χ4n) is 2.51. The predicted octanol–water partition coefficient (Wildman–Crippen LogP) is 3.95. The quantitative estimate of drug-likeness (QED) is 0.588. The molecule has 118 valence electrons. The van der Waals surface area contributed by atoms with E-state index in [1.165, 1.54) is 24.3 Å². The van der Waals surface area contributed by atoms with Crippen molar-refractivity contribution >= 4 is 17.5 Å². The van der Waals surface area contributed by atoms with Gasteiger partial charge in [-0.3, -0.25) is 9.59 Å². The summed E-state index contributed by atoms with van der Waals surface area (Å²) in [6.07, 6.45) is -4.79.